The second kappa shape index (κ2) is 3.18. The maximum Gasteiger partial charge on any atom is 0.0689 e. The summed E-state index contributed by atoms with van der Waals surface area (Å²) in [6.45, 7) is 8.50. The number of rotatable bonds is 2. The van der Waals surface area contributed by atoms with Crippen LogP contribution in [-0.4, -0.2) is 19.3 Å². The molecule has 0 aliphatic heterocycles. The molecule has 0 saturated carbocycles. The molecule has 0 bridgehead atoms. The molecule has 0 radical (unpaired) electrons. The summed E-state index contributed by atoms with van der Waals surface area (Å²) in [6, 6.07) is 0. The van der Waals surface area contributed by atoms with Crippen molar-refractivity contribution in [2.45, 2.75) is 32.7 Å². The van der Waals surface area contributed by atoms with Gasteiger partial charge in [-0.3, -0.25) is 0 Å². The van der Waals surface area contributed by atoms with Crippen molar-refractivity contribution in [1.29, 1.82) is 0 Å². The highest BCUT2D eigenvalue weighted by Crippen LogP contribution is 2.02. The molecule has 0 spiro atoms. The average Bonchev–Trinajstić information content (AvgIpc) is 1.59. The second-order valence-corrected chi connectivity index (χ2v) is 8.53. The molecule has 0 aromatic heterocycles. The number of aliphatic hydroxyl groups is 1. The normalized spacial score (nSPS) is 16.6. The molecule has 9 heavy (non-hydrogen) atoms. The van der Waals surface area contributed by atoms with Gasteiger partial charge in [0.1, 0.15) is 0 Å². The van der Waals surface area contributed by atoms with E-state index in [4.69, 9.17) is 5.11 Å². The predicted octanol–water partition coefficient (Wildman–Crippen LogP) is 1.80. The Balaban J connectivity index is 3.71. The van der Waals surface area contributed by atoms with E-state index in [1.54, 1.807) is 6.92 Å². The lowest BCUT2D eigenvalue weighted by Crippen LogP contribution is -2.16. The first-order chi connectivity index (χ1) is 3.92. The average molecular weight is 144 g/mol. The Morgan fingerprint density at radius 3 is 1.89 bits per heavy atom. The Kier molecular flexibility index (Phi) is 3.15. The third-order valence-corrected chi connectivity index (χ3v) is 2.07. The molecule has 0 aromatic carbocycles. The third-order valence-electron chi connectivity index (χ3n) is 0.875. The summed E-state index contributed by atoms with van der Waals surface area (Å²) in [5.41, 5.74) is 2.15. The molecule has 0 rings (SSSR count). The summed E-state index contributed by atoms with van der Waals surface area (Å²) < 4.78 is 0. The second-order valence-electron chi connectivity index (χ2n) is 3.47. The highest BCUT2D eigenvalue weighted by molar-refractivity contribution is 6.80. The van der Waals surface area contributed by atoms with Crippen LogP contribution in [0.4, 0.5) is 0 Å². The lowest BCUT2D eigenvalue weighted by molar-refractivity contribution is 0.244. The monoisotopic (exact) mass is 144 g/mol. The third kappa shape index (κ3) is 7.92. The number of hydrogen-bond acceptors (Lipinski definition) is 1. The van der Waals surface area contributed by atoms with Gasteiger partial charge in [-0.05, 0) is 6.92 Å². The van der Waals surface area contributed by atoms with Gasteiger partial charge in [0, 0.05) is 0 Å². The van der Waals surface area contributed by atoms with Gasteiger partial charge in [0.15, 0.2) is 0 Å². The molecular weight excluding hydrogens is 128 g/mol. The van der Waals surface area contributed by atoms with Crippen LogP contribution in [-0.2, 0) is 0 Å². The fourth-order valence-corrected chi connectivity index (χ4v) is 1.28. The molecule has 1 unspecified atom stereocenters. The van der Waals surface area contributed by atoms with Crippen molar-refractivity contribution in [2.24, 2.45) is 0 Å². The van der Waals surface area contributed by atoms with Gasteiger partial charge in [0.25, 0.3) is 0 Å². The minimum atomic E-state index is -1.06. The lowest BCUT2D eigenvalue weighted by atomic mass is 10.4. The number of aliphatic hydroxyl groups excluding tert-OH is 1. The summed E-state index contributed by atoms with van der Waals surface area (Å²) in [6.07, 6.45) is 1.59. The zero-order valence-corrected chi connectivity index (χ0v) is 7.68. The van der Waals surface area contributed by atoms with Crippen LogP contribution in [0.25, 0.3) is 0 Å². The molecule has 2 heteroatoms. The van der Waals surface area contributed by atoms with Crippen LogP contribution >= 0.6 is 0 Å². The van der Waals surface area contributed by atoms with Gasteiger partial charge in [-0.15, -0.1) is 0 Å². The van der Waals surface area contributed by atoms with Crippen molar-refractivity contribution in [2.75, 3.05) is 0 Å². The Labute approximate surface area is 58.4 Å². The Hall–Kier alpha value is -0.0831. The topological polar surface area (TPSA) is 20.2 Å². The van der Waals surface area contributed by atoms with Gasteiger partial charge in [-0.25, -0.2) is 0 Å². The number of hydrogen-bond donors (Lipinski definition) is 1. The minimum Gasteiger partial charge on any atom is -0.389 e. The molecular formula is C7H16OSi. The van der Waals surface area contributed by atoms with Gasteiger partial charge in [-0.2, -0.15) is 0 Å². The molecule has 1 N–H and O–H groups in total. The zero-order valence-electron chi connectivity index (χ0n) is 6.68. The van der Waals surface area contributed by atoms with E-state index in [0.29, 0.717) is 0 Å². The van der Waals surface area contributed by atoms with E-state index in [1.165, 1.54) is 0 Å². The fourth-order valence-electron chi connectivity index (χ4n) is 0.428. The van der Waals surface area contributed by atoms with Crippen LogP contribution in [0.1, 0.15) is 6.92 Å². The zero-order chi connectivity index (χ0) is 7.49. The highest BCUT2D eigenvalue weighted by Gasteiger charge is 2.06. The van der Waals surface area contributed by atoms with E-state index in [1.807, 2.05) is 6.08 Å². The van der Waals surface area contributed by atoms with Gasteiger partial charge < -0.3 is 5.11 Å². The van der Waals surface area contributed by atoms with Crippen molar-refractivity contribution in [1.82, 2.24) is 0 Å². The van der Waals surface area contributed by atoms with Gasteiger partial charge in [0.2, 0.25) is 0 Å². The van der Waals surface area contributed by atoms with Crippen LogP contribution in [0.15, 0.2) is 11.8 Å². The van der Waals surface area contributed by atoms with Crippen molar-refractivity contribution < 1.29 is 5.11 Å². The summed E-state index contributed by atoms with van der Waals surface area (Å²) in [5, 5.41) is 8.85. The summed E-state index contributed by atoms with van der Waals surface area (Å²) >= 11 is 0. The van der Waals surface area contributed by atoms with E-state index in [9.17, 15) is 0 Å². The maximum absolute atomic E-state index is 8.85. The highest BCUT2D eigenvalue weighted by atomic mass is 28.3. The Morgan fingerprint density at radius 1 is 1.33 bits per heavy atom. The molecule has 0 heterocycles. The summed E-state index contributed by atoms with van der Waals surface area (Å²) in [4.78, 5) is 0. The largest absolute Gasteiger partial charge is 0.389 e. The van der Waals surface area contributed by atoms with E-state index in [0.717, 1.165) is 0 Å². The molecule has 0 fully saturated rings. The SMILES string of the molecule is CC(O)/C=C/[Si](C)(C)C. The first-order valence-corrected chi connectivity index (χ1v) is 6.87. The molecule has 0 aromatic rings. The molecule has 54 valence electrons. The summed E-state index contributed by atoms with van der Waals surface area (Å²) in [5.74, 6) is 0. The summed E-state index contributed by atoms with van der Waals surface area (Å²) in [7, 11) is -1.06. The van der Waals surface area contributed by atoms with E-state index < -0.39 is 8.07 Å². The van der Waals surface area contributed by atoms with Crippen molar-refractivity contribution in [3.8, 4) is 0 Å². The smallest absolute Gasteiger partial charge is 0.0689 e. The van der Waals surface area contributed by atoms with E-state index in [2.05, 4.69) is 25.3 Å². The first-order valence-electron chi connectivity index (χ1n) is 3.29. The van der Waals surface area contributed by atoms with Gasteiger partial charge in [-0.1, -0.05) is 31.4 Å². The van der Waals surface area contributed by atoms with Gasteiger partial charge in [0.05, 0.1) is 14.2 Å². The molecule has 1 atom stereocenters. The van der Waals surface area contributed by atoms with E-state index in [-0.39, 0.29) is 6.10 Å². The molecule has 1 nitrogen and oxygen atoms in total. The standard InChI is InChI=1S/C7H16OSi/c1-7(8)5-6-9(2,3)4/h5-8H,1-4H3/b6-5+. The predicted molar refractivity (Wildman–Crippen MR) is 44.2 cm³/mol. The minimum absolute atomic E-state index is 0.281. The van der Waals surface area contributed by atoms with Crippen LogP contribution in [0.2, 0.25) is 19.6 Å². The molecule has 0 saturated heterocycles. The molecule has 0 amide bonds. The van der Waals surface area contributed by atoms with Gasteiger partial charge >= 0.3 is 0 Å². The van der Waals surface area contributed by atoms with Crippen LogP contribution in [0, 0.1) is 0 Å². The lowest BCUT2D eigenvalue weighted by Gasteiger charge is -2.08. The van der Waals surface area contributed by atoms with Crippen LogP contribution < -0.4 is 0 Å². The van der Waals surface area contributed by atoms with Crippen molar-refractivity contribution in [3.63, 3.8) is 0 Å². The molecule has 0 aliphatic rings. The molecule has 0 aliphatic carbocycles. The first kappa shape index (κ1) is 8.92. The Bertz CT molecular complexity index is 100.0. The quantitative estimate of drug-likeness (QED) is 0.586. The van der Waals surface area contributed by atoms with E-state index >= 15 is 0 Å². The van der Waals surface area contributed by atoms with Crippen LogP contribution in [0.5, 0.6) is 0 Å². The maximum atomic E-state index is 8.85. The fraction of sp³-hybridized carbons (Fsp3) is 0.714. The van der Waals surface area contributed by atoms with Crippen molar-refractivity contribution in [3.05, 3.63) is 11.8 Å². The Morgan fingerprint density at radius 2 is 1.78 bits per heavy atom. The van der Waals surface area contributed by atoms with Crippen molar-refractivity contribution >= 4 is 8.07 Å². The van der Waals surface area contributed by atoms with Crippen LogP contribution in [0.3, 0.4) is 0 Å².